The lowest BCUT2D eigenvalue weighted by molar-refractivity contribution is 0.196. The first-order valence-corrected chi connectivity index (χ1v) is 8.08. The van der Waals surface area contributed by atoms with Gasteiger partial charge in [0.15, 0.2) is 0 Å². The summed E-state index contributed by atoms with van der Waals surface area (Å²) in [6, 6.07) is 9.14. The number of hydrogen-bond donors (Lipinski definition) is 2. The summed E-state index contributed by atoms with van der Waals surface area (Å²) in [5, 5.41) is 14.0. The molecule has 5 unspecified atom stereocenters. The molecule has 106 valence electrons. The fourth-order valence-corrected chi connectivity index (χ4v) is 4.54. The fraction of sp³-hybridized carbons (Fsp3) is 0.625. The van der Waals surface area contributed by atoms with E-state index in [1.54, 1.807) is 0 Å². The van der Waals surface area contributed by atoms with Crippen LogP contribution < -0.4 is 5.32 Å². The molecule has 1 aromatic rings. The van der Waals surface area contributed by atoms with Crippen molar-refractivity contribution >= 4 is 11.8 Å². The molecular weight excluding hydrogens is 254 g/mol. The van der Waals surface area contributed by atoms with Gasteiger partial charge in [0, 0.05) is 16.5 Å². The van der Waals surface area contributed by atoms with Crippen LogP contribution in [0.4, 0.5) is 0 Å². The van der Waals surface area contributed by atoms with E-state index < -0.39 is 0 Å². The largest absolute Gasteiger partial charge is 0.392 e. The molecular formula is C16H25NOS. The van der Waals surface area contributed by atoms with Gasteiger partial charge in [-0.05, 0) is 37.4 Å². The highest BCUT2D eigenvalue weighted by molar-refractivity contribution is 8.00. The van der Waals surface area contributed by atoms with Gasteiger partial charge in [-0.2, -0.15) is 11.8 Å². The number of benzene rings is 1. The van der Waals surface area contributed by atoms with Gasteiger partial charge in [0.25, 0.3) is 0 Å². The summed E-state index contributed by atoms with van der Waals surface area (Å²) >= 11 is 1.92. The van der Waals surface area contributed by atoms with Crippen molar-refractivity contribution < 1.29 is 5.11 Å². The molecule has 0 fully saturated rings. The molecule has 0 amide bonds. The van der Waals surface area contributed by atoms with Crippen LogP contribution in [0, 0.1) is 0 Å². The van der Waals surface area contributed by atoms with Crippen LogP contribution in [0.2, 0.25) is 0 Å². The van der Waals surface area contributed by atoms with Crippen molar-refractivity contribution in [3.05, 3.63) is 35.4 Å². The van der Waals surface area contributed by atoms with Gasteiger partial charge in [-0.3, -0.25) is 0 Å². The standard InChI is InChI=1S/C16H25NOS/c1-10-9-15(19-12(3)11(2)18)16(17-4)14-8-6-5-7-13(10)14/h5-8,10-12,15-18H,9H2,1-4H3. The summed E-state index contributed by atoms with van der Waals surface area (Å²) in [6.07, 6.45) is 0.916. The van der Waals surface area contributed by atoms with E-state index in [2.05, 4.69) is 43.4 Å². The third-order valence-corrected chi connectivity index (χ3v) is 5.84. The molecule has 1 aromatic carbocycles. The Morgan fingerprint density at radius 3 is 2.47 bits per heavy atom. The normalized spacial score (nSPS) is 29.6. The lowest BCUT2D eigenvalue weighted by Gasteiger charge is -2.38. The van der Waals surface area contributed by atoms with Crippen molar-refractivity contribution in [2.45, 2.75) is 55.8 Å². The maximum atomic E-state index is 9.73. The van der Waals surface area contributed by atoms with E-state index in [-0.39, 0.29) is 11.4 Å². The second-order valence-electron chi connectivity index (χ2n) is 5.65. The van der Waals surface area contributed by atoms with Gasteiger partial charge in [0.1, 0.15) is 0 Å². The Kier molecular flexibility index (Phi) is 4.93. The molecule has 2 N–H and O–H groups in total. The van der Waals surface area contributed by atoms with Crippen molar-refractivity contribution in [1.82, 2.24) is 5.32 Å². The number of fused-ring (bicyclic) bond motifs is 1. The topological polar surface area (TPSA) is 32.3 Å². The van der Waals surface area contributed by atoms with Gasteiger partial charge >= 0.3 is 0 Å². The highest BCUT2D eigenvalue weighted by Crippen LogP contribution is 2.43. The van der Waals surface area contributed by atoms with Crippen molar-refractivity contribution in [2.24, 2.45) is 0 Å². The summed E-state index contributed by atoms with van der Waals surface area (Å²) in [7, 11) is 2.04. The first-order chi connectivity index (χ1) is 9.04. The van der Waals surface area contributed by atoms with Gasteiger partial charge in [0.05, 0.1) is 6.10 Å². The zero-order chi connectivity index (χ0) is 14.0. The molecule has 1 aliphatic carbocycles. The smallest absolute Gasteiger partial charge is 0.0628 e. The quantitative estimate of drug-likeness (QED) is 0.887. The summed E-state index contributed by atoms with van der Waals surface area (Å²) < 4.78 is 0. The van der Waals surface area contributed by atoms with Crippen molar-refractivity contribution in [3.63, 3.8) is 0 Å². The predicted octanol–water partition coefficient (Wildman–Crippen LogP) is 3.33. The Hall–Kier alpha value is -0.510. The molecule has 0 spiro atoms. The van der Waals surface area contributed by atoms with E-state index in [0.717, 1.165) is 0 Å². The van der Waals surface area contributed by atoms with Gasteiger partial charge in [0.2, 0.25) is 0 Å². The molecule has 0 aliphatic heterocycles. The number of aliphatic hydroxyl groups excluding tert-OH is 1. The maximum Gasteiger partial charge on any atom is 0.0628 e. The van der Waals surface area contributed by atoms with E-state index >= 15 is 0 Å². The first kappa shape index (κ1) is 14.9. The van der Waals surface area contributed by atoms with E-state index in [0.29, 0.717) is 17.2 Å². The molecule has 3 heteroatoms. The average molecular weight is 279 g/mol. The lowest BCUT2D eigenvalue weighted by Crippen LogP contribution is -2.35. The van der Waals surface area contributed by atoms with E-state index in [1.807, 2.05) is 25.7 Å². The summed E-state index contributed by atoms with van der Waals surface area (Å²) in [4.78, 5) is 0. The fourth-order valence-electron chi connectivity index (χ4n) is 2.92. The second-order valence-corrected chi connectivity index (χ2v) is 7.27. The average Bonchev–Trinajstić information content (AvgIpc) is 2.39. The minimum atomic E-state index is -0.255. The number of hydrogen-bond acceptors (Lipinski definition) is 3. The van der Waals surface area contributed by atoms with E-state index in [9.17, 15) is 5.11 Å². The molecule has 2 nitrogen and oxygen atoms in total. The van der Waals surface area contributed by atoms with Crippen LogP contribution in [0.1, 0.15) is 50.3 Å². The molecule has 0 radical (unpaired) electrons. The Morgan fingerprint density at radius 1 is 1.26 bits per heavy atom. The molecule has 0 aromatic heterocycles. The van der Waals surface area contributed by atoms with Crippen molar-refractivity contribution in [2.75, 3.05) is 7.05 Å². The van der Waals surface area contributed by atoms with Crippen molar-refractivity contribution in [3.8, 4) is 0 Å². The summed E-state index contributed by atoms with van der Waals surface area (Å²) in [5.74, 6) is 0.597. The Bertz CT molecular complexity index is 421. The molecule has 0 bridgehead atoms. The molecule has 19 heavy (non-hydrogen) atoms. The molecule has 0 heterocycles. The van der Waals surface area contributed by atoms with Crippen LogP contribution in [0.15, 0.2) is 24.3 Å². The second kappa shape index (κ2) is 6.29. The minimum Gasteiger partial charge on any atom is -0.392 e. The van der Waals surface area contributed by atoms with Crippen LogP contribution in [0.5, 0.6) is 0 Å². The zero-order valence-electron chi connectivity index (χ0n) is 12.3. The Balaban J connectivity index is 2.23. The van der Waals surface area contributed by atoms with Crippen LogP contribution >= 0.6 is 11.8 Å². The first-order valence-electron chi connectivity index (χ1n) is 7.14. The van der Waals surface area contributed by atoms with Crippen LogP contribution in [-0.4, -0.2) is 28.8 Å². The lowest BCUT2D eigenvalue weighted by atomic mass is 9.81. The summed E-state index contributed by atoms with van der Waals surface area (Å²) in [6.45, 7) is 6.31. The van der Waals surface area contributed by atoms with Crippen LogP contribution in [-0.2, 0) is 0 Å². The van der Waals surface area contributed by atoms with Gasteiger partial charge < -0.3 is 10.4 Å². The van der Waals surface area contributed by atoms with E-state index in [1.165, 1.54) is 17.5 Å². The molecule has 1 aliphatic rings. The highest BCUT2D eigenvalue weighted by atomic mass is 32.2. The summed E-state index contributed by atoms with van der Waals surface area (Å²) in [5.41, 5.74) is 2.91. The third-order valence-electron chi connectivity index (χ3n) is 4.20. The number of aliphatic hydroxyl groups is 1. The molecule has 0 saturated carbocycles. The third kappa shape index (κ3) is 3.15. The Morgan fingerprint density at radius 2 is 1.89 bits per heavy atom. The number of nitrogens with one attached hydrogen (secondary N) is 1. The number of rotatable bonds is 4. The monoisotopic (exact) mass is 279 g/mol. The Labute approximate surface area is 121 Å². The molecule has 2 rings (SSSR count). The van der Waals surface area contributed by atoms with Crippen LogP contribution in [0.3, 0.4) is 0 Å². The maximum absolute atomic E-state index is 9.73. The SMILES string of the molecule is CNC1c2ccccc2C(C)CC1SC(C)C(C)O. The number of thioether (sulfide) groups is 1. The predicted molar refractivity (Wildman–Crippen MR) is 83.8 cm³/mol. The van der Waals surface area contributed by atoms with Gasteiger partial charge in [-0.25, -0.2) is 0 Å². The van der Waals surface area contributed by atoms with Crippen molar-refractivity contribution in [1.29, 1.82) is 0 Å². The van der Waals surface area contributed by atoms with E-state index in [4.69, 9.17) is 0 Å². The van der Waals surface area contributed by atoms with Gasteiger partial charge in [-0.1, -0.05) is 38.1 Å². The zero-order valence-corrected chi connectivity index (χ0v) is 13.1. The molecule has 0 saturated heterocycles. The van der Waals surface area contributed by atoms with Gasteiger partial charge in [-0.15, -0.1) is 0 Å². The highest BCUT2D eigenvalue weighted by Gasteiger charge is 2.33. The molecule has 5 atom stereocenters. The van der Waals surface area contributed by atoms with Crippen LogP contribution in [0.25, 0.3) is 0 Å². The minimum absolute atomic E-state index is 0.255.